The number of benzene rings is 2. The summed E-state index contributed by atoms with van der Waals surface area (Å²) in [6.45, 7) is 22.1. The second-order valence-corrected chi connectivity index (χ2v) is 16.6. The third-order valence-electron chi connectivity index (χ3n) is 10.8. The summed E-state index contributed by atoms with van der Waals surface area (Å²) in [5.74, 6) is 0. The SMILES string of the molecule is CC1=C(/C=C/C(C)=C/C=C/C(C)=C/C=C/C=C(C)/C=C/C=C(C)/C=C/C2=C(C)c3nc4ccccc4nc3CC2(C)C)C(C)(C)Cc2nc3ccccc3nc21. The quantitative estimate of drug-likeness (QED) is 0.152. The molecule has 2 aromatic heterocycles. The summed E-state index contributed by atoms with van der Waals surface area (Å²) in [6.07, 6.45) is 32.0. The molecule has 4 heteroatoms. The van der Waals surface area contributed by atoms with Gasteiger partial charge in [0.1, 0.15) is 0 Å². The van der Waals surface area contributed by atoms with E-state index in [4.69, 9.17) is 19.9 Å². The maximum atomic E-state index is 5.00. The number of fused-ring (bicyclic) bond motifs is 4. The van der Waals surface area contributed by atoms with Gasteiger partial charge < -0.3 is 0 Å². The van der Waals surface area contributed by atoms with E-state index in [1.54, 1.807) is 0 Å². The van der Waals surface area contributed by atoms with Crippen LogP contribution < -0.4 is 0 Å². The summed E-state index contributed by atoms with van der Waals surface area (Å²) < 4.78 is 0. The number of rotatable bonds is 10. The molecular weight excluding hydrogens is 681 g/mol. The molecule has 2 aliphatic carbocycles. The molecule has 0 aliphatic heterocycles. The number of nitrogens with zero attached hydrogens (tertiary/aromatic N) is 4. The lowest BCUT2D eigenvalue weighted by Crippen LogP contribution is -2.25. The zero-order valence-corrected chi connectivity index (χ0v) is 34.9. The normalized spacial score (nSPS) is 18.2. The van der Waals surface area contributed by atoms with Crippen molar-refractivity contribution in [3.05, 3.63) is 190 Å². The molecule has 4 aromatic rings. The first kappa shape index (κ1) is 39.9. The molecule has 0 saturated heterocycles. The largest absolute Gasteiger partial charge is 0.249 e. The van der Waals surface area contributed by atoms with Crippen LogP contribution in [0.5, 0.6) is 0 Å². The van der Waals surface area contributed by atoms with Crippen molar-refractivity contribution >= 4 is 33.2 Å². The van der Waals surface area contributed by atoms with Crippen LogP contribution in [-0.2, 0) is 12.8 Å². The van der Waals surface area contributed by atoms with Crippen LogP contribution in [0, 0.1) is 10.8 Å². The van der Waals surface area contributed by atoms with Gasteiger partial charge in [0.15, 0.2) is 0 Å². The Morgan fingerprint density at radius 2 is 0.786 bits per heavy atom. The van der Waals surface area contributed by atoms with Gasteiger partial charge in [-0.3, -0.25) is 0 Å². The third kappa shape index (κ3) is 9.37. The summed E-state index contributed by atoms with van der Waals surface area (Å²) >= 11 is 0. The molecule has 0 spiro atoms. The van der Waals surface area contributed by atoms with E-state index in [1.807, 2.05) is 48.5 Å². The van der Waals surface area contributed by atoms with Gasteiger partial charge in [-0.1, -0.05) is 159 Å². The molecule has 4 nitrogen and oxygen atoms in total. The minimum absolute atomic E-state index is 0.0204. The molecule has 0 amide bonds. The fraction of sp³-hybridized carbons (Fsp3) is 0.269. The maximum absolute atomic E-state index is 5.00. The Morgan fingerprint density at radius 1 is 0.464 bits per heavy atom. The van der Waals surface area contributed by atoms with Crippen molar-refractivity contribution in [1.29, 1.82) is 0 Å². The van der Waals surface area contributed by atoms with Crippen LogP contribution in [0.1, 0.15) is 92.0 Å². The number of allylic oxidation sites excluding steroid dienone is 22. The topological polar surface area (TPSA) is 51.6 Å². The predicted molar refractivity (Wildman–Crippen MR) is 240 cm³/mol. The number of para-hydroxylation sites is 4. The average molecular weight is 737 g/mol. The van der Waals surface area contributed by atoms with Gasteiger partial charge in [0.2, 0.25) is 0 Å². The smallest absolute Gasteiger partial charge is 0.0894 e. The van der Waals surface area contributed by atoms with Gasteiger partial charge in [-0.2, -0.15) is 0 Å². The highest BCUT2D eigenvalue weighted by atomic mass is 14.8. The van der Waals surface area contributed by atoms with Crippen LogP contribution in [0.25, 0.3) is 33.2 Å². The highest BCUT2D eigenvalue weighted by Gasteiger charge is 2.33. The van der Waals surface area contributed by atoms with Crippen molar-refractivity contribution in [3.63, 3.8) is 0 Å². The first-order valence-corrected chi connectivity index (χ1v) is 19.7. The molecule has 0 saturated carbocycles. The van der Waals surface area contributed by atoms with Crippen molar-refractivity contribution < 1.29 is 0 Å². The number of hydrogen-bond acceptors (Lipinski definition) is 4. The molecule has 0 radical (unpaired) electrons. The van der Waals surface area contributed by atoms with Gasteiger partial charge in [0.05, 0.1) is 44.8 Å². The summed E-state index contributed by atoms with van der Waals surface area (Å²) in [5.41, 5.74) is 17.8. The number of hydrogen-bond donors (Lipinski definition) is 0. The van der Waals surface area contributed by atoms with Crippen LogP contribution in [-0.4, -0.2) is 19.9 Å². The fourth-order valence-electron chi connectivity index (χ4n) is 7.69. The standard InChI is InChI=1S/C52H56N4/c1-35(21-17-23-37(3)29-31-41-39(5)49-47(33-51(41,7)8)53-43-25-13-15-27-45(43)55-49)19-11-12-20-36(2)22-18-24-38(4)30-32-42-40(6)50-48(34-52(42,9)10)54-44-26-14-16-28-46(44)56-50/h11-32H,33-34H2,1-10H3/b12-11+,21-17+,22-18+,31-29+,32-30+,35-19+,36-20+,37-23+,38-24+. The van der Waals surface area contributed by atoms with Gasteiger partial charge in [0.25, 0.3) is 0 Å². The summed E-state index contributed by atoms with van der Waals surface area (Å²) in [4.78, 5) is 19.9. The minimum atomic E-state index is -0.0204. The van der Waals surface area contributed by atoms with Crippen molar-refractivity contribution in [3.8, 4) is 0 Å². The second kappa shape index (κ2) is 17.0. The maximum Gasteiger partial charge on any atom is 0.0894 e. The molecule has 284 valence electrons. The van der Waals surface area contributed by atoms with E-state index in [0.717, 1.165) is 57.7 Å². The first-order valence-electron chi connectivity index (χ1n) is 19.7. The number of aromatic nitrogens is 4. The van der Waals surface area contributed by atoms with Gasteiger partial charge in [0, 0.05) is 12.8 Å². The van der Waals surface area contributed by atoms with Crippen molar-refractivity contribution in [2.75, 3.05) is 0 Å². The van der Waals surface area contributed by atoms with E-state index >= 15 is 0 Å². The van der Waals surface area contributed by atoms with E-state index in [9.17, 15) is 0 Å². The van der Waals surface area contributed by atoms with E-state index in [-0.39, 0.29) is 10.8 Å². The summed E-state index contributed by atoms with van der Waals surface area (Å²) in [5, 5.41) is 0. The fourth-order valence-corrected chi connectivity index (χ4v) is 7.69. The van der Waals surface area contributed by atoms with Crippen LogP contribution >= 0.6 is 0 Å². The van der Waals surface area contributed by atoms with Crippen molar-refractivity contribution in [2.45, 2.75) is 82.1 Å². The Balaban J connectivity index is 1.03. The van der Waals surface area contributed by atoms with E-state index in [1.165, 1.54) is 44.6 Å². The van der Waals surface area contributed by atoms with Crippen LogP contribution in [0.15, 0.2) is 167 Å². The Hall–Kier alpha value is -5.74. The lowest BCUT2D eigenvalue weighted by molar-refractivity contribution is 0.442. The van der Waals surface area contributed by atoms with Crippen LogP contribution in [0.2, 0.25) is 0 Å². The Kier molecular flexibility index (Phi) is 12.1. The summed E-state index contributed by atoms with van der Waals surface area (Å²) in [7, 11) is 0. The molecule has 0 unspecified atom stereocenters. The first-order chi connectivity index (χ1) is 26.7. The van der Waals surface area contributed by atoms with Gasteiger partial charge >= 0.3 is 0 Å². The Labute approximate surface area is 334 Å². The second-order valence-electron chi connectivity index (χ2n) is 16.6. The zero-order valence-electron chi connectivity index (χ0n) is 34.9. The molecule has 0 atom stereocenters. The highest BCUT2D eigenvalue weighted by molar-refractivity contribution is 5.81. The lowest BCUT2D eigenvalue weighted by atomic mass is 9.72. The molecule has 0 N–H and O–H groups in total. The summed E-state index contributed by atoms with van der Waals surface area (Å²) in [6, 6.07) is 16.3. The van der Waals surface area contributed by atoms with E-state index in [0.29, 0.717) is 0 Å². The van der Waals surface area contributed by atoms with Gasteiger partial charge in [-0.05, 0) is 98.9 Å². The Morgan fingerprint density at radius 3 is 1.16 bits per heavy atom. The van der Waals surface area contributed by atoms with Crippen molar-refractivity contribution in [2.24, 2.45) is 10.8 Å². The molecule has 2 aromatic carbocycles. The third-order valence-corrected chi connectivity index (χ3v) is 10.8. The van der Waals surface area contributed by atoms with Gasteiger partial charge in [-0.25, -0.2) is 19.9 Å². The van der Waals surface area contributed by atoms with Gasteiger partial charge in [-0.15, -0.1) is 0 Å². The van der Waals surface area contributed by atoms with Crippen LogP contribution in [0.3, 0.4) is 0 Å². The molecule has 6 rings (SSSR count). The Bertz CT molecular complexity index is 2340. The highest BCUT2D eigenvalue weighted by Crippen LogP contribution is 2.43. The average Bonchev–Trinajstić information content (AvgIpc) is 3.14. The zero-order chi connectivity index (χ0) is 40.0. The van der Waals surface area contributed by atoms with E-state index in [2.05, 4.69) is 154 Å². The molecule has 0 bridgehead atoms. The van der Waals surface area contributed by atoms with Crippen LogP contribution in [0.4, 0.5) is 0 Å². The lowest BCUT2D eigenvalue weighted by Gasteiger charge is -2.33. The van der Waals surface area contributed by atoms with Crippen molar-refractivity contribution in [1.82, 2.24) is 19.9 Å². The molecule has 2 aliphatic rings. The molecule has 56 heavy (non-hydrogen) atoms. The molecule has 0 fully saturated rings. The molecule has 2 heterocycles. The predicted octanol–water partition coefficient (Wildman–Crippen LogP) is 13.6. The minimum Gasteiger partial charge on any atom is -0.249 e. The molecular formula is C52H56N4. The van der Waals surface area contributed by atoms with E-state index < -0.39 is 0 Å². The monoisotopic (exact) mass is 736 g/mol.